The van der Waals surface area contributed by atoms with Gasteiger partial charge in [0, 0.05) is 23.6 Å². The molecule has 3 amide bonds. The number of piperidine rings is 1. The Labute approximate surface area is 142 Å². The lowest BCUT2D eigenvalue weighted by Crippen LogP contribution is -2.48. The Kier molecular flexibility index (Phi) is 4.84. The molecule has 23 heavy (non-hydrogen) atoms. The number of anilines is 1. The third-order valence-corrected chi connectivity index (χ3v) is 4.67. The van der Waals surface area contributed by atoms with E-state index in [0.717, 1.165) is 19.3 Å². The van der Waals surface area contributed by atoms with Gasteiger partial charge < -0.3 is 15.5 Å². The summed E-state index contributed by atoms with van der Waals surface area (Å²) in [6.07, 6.45) is 3.55. The van der Waals surface area contributed by atoms with Gasteiger partial charge in [0.05, 0.1) is 11.6 Å². The van der Waals surface area contributed by atoms with E-state index in [-0.39, 0.29) is 23.5 Å². The normalized spacial score (nSPS) is 21.0. The molecule has 1 saturated heterocycles. The van der Waals surface area contributed by atoms with Crippen LogP contribution in [0.5, 0.6) is 0 Å². The Morgan fingerprint density at radius 3 is 2.74 bits per heavy atom. The van der Waals surface area contributed by atoms with E-state index in [2.05, 4.69) is 26.6 Å². The Morgan fingerprint density at radius 2 is 2.04 bits per heavy atom. The summed E-state index contributed by atoms with van der Waals surface area (Å²) in [4.78, 5) is 26.1. The first-order valence-electron chi connectivity index (χ1n) is 7.84. The number of carbonyl (C=O) groups excluding carboxylic acids is 2. The smallest absolute Gasteiger partial charge is 0.317 e. The summed E-state index contributed by atoms with van der Waals surface area (Å²) in [5, 5.41) is 5.56. The number of benzene rings is 1. The fraction of sp³-hybridized carbons (Fsp3) is 0.500. The van der Waals surface area contributed by atoms with E-state index >= 15 is 0 Å². The lowest BCUT2D eigenvalue weighted by atomic mass is 9.97. The molecule has 3 rings (SSSR count). The van der Waals surface area contributed by atoms with Gasteiger partial charge in [-0.1, -0.05) is 15.9 Å². The number of carbonyl (C=O) groups is 2. The predicted molar refractivity (Wildman–Crippen MR) is 88.6 cm³/mol. The van der Waals surface area contributed by atoms with Crippen molar-refractivity contribution in [2.45, 2.75) is 31.7 Å². The van der Waals surface area contributed by atoms with Gasteiger partial charge in [0.15, 0.2) is 0 Å². The molecule has 1 heterocycles. The van der Waals surface area contributed by atoms with E-state index in [9.17, 15) is 14.0 Å². The minimum absolute atomic E-state index is 0.0974. The number of urea groups is 1. The quantitative estimate of drug-likeness (QED) is 0.842. The predicted octanol–water partition coefficient (Wildman–Crippen LogP) is 3.11. The molecule has 1 aliphatic heterocycles. The molecule has 1 aromatic carbocycles. The van der Waals surface area contributed by atoms with Crippen molar-refractivity contribution in [3.63, 3.8) is 0 Å². The van der Waals surface area contributed by atoms with E-state index in [1.54, 1.807) is 11.0 Å². The molecule has 0 radical (unpaired) electrons. The highest BCUT2D eigenvalue weighted by atomic mass is 79.9. The molecule has 1 unspecified atom stereocenters. The molecule has 0 bridgehead atoms. The van der Waals surface area contributed by atoms with Crippen molar-refractivity contribution in [1.82, 2.24) is 10.2 Å². The molecule has 2 fully saturated rings. The van der Waals surface area contributed by atoms with Crippen molar-refractivity contribution < 1.29 is 14.0 Å². The molecule has 1 aromatic rings. The van der Waals surface area contributed by atoms with E-state index in [0.29, 0.717) is 30.0 Å². The van der Waals surface area contributed by atoms with E-state index in [1.165, 1.54) is 12.1 Å². The van der Waals surface area contributed by atoms with Crippen LogP contribution in [0.3, 0.4) is 0 Å². The molecule has 0 aromatic heterocycles. The van der Waals surface area contributed by atoms with Crippen LogP contribution in [-0.4, -0.2) is 36.0 Å². The minimum Gasteiger partial charge on any atom is -0.335 e. The summed E-state index contributed by atoms with van der Waals surface area (Å²) in [5.74, 6) is -1.03. The van der Waals surface area contributed by atoms with Crippen LogP contribution in [0, 0.1) is 11.7 Å². The molecule has 7 heteroatoms. The van der Waals surface area contributed by atoms with Crippen molar-refractivity contribution >= 4 is 33.6 Å². The zero-order valence-electron chi connectivity index (χ0n) is 12.6. The lowest BCUT2D eigenvalue weighted by Gasteiger charge is -2.32. The molecular formula is C16H19BrFN3O2. The molecule has 1 aliphatic carbocycles. The second-order valence-electron chi connectivity index (χ2n) is 6.12. The maximum absolute atomic E-state index is 13.8. The minimum atomic E-state index is -0.480. The summed E-state index contributed by atoms with van der Waals surface area (Å²) < 4.78 is 14.4. The fourth-order valence-electron chi connectivity index (χ4n) is 2.69. The third-order valence-electron chi connectivity index (χ3n) is 4.17. The van der Waals surface area contributed by atoms with Crippen molar-refractivity contribution in [1.29, 1.82) is 0 Å². The number of rotatable bonds is 3. The van der Waals surface area contributed by atoms with Crippen molar-refractivity contribution in [3.8, 4) is 0 Å². The molecule has 2 aliphatic rings. The molecule has 0 spiro atoms. The van der Waals surface area contributed by atoms with Gasteiger partial charge in [0.1, 0.15) is 5.82 Å². The highest BCUT2D eigenvalue weighted by molar-refractivity contribution is 9.10. The number of amides is 3. The number of halogens is 2. The topological polar surface area (TPSA) is 61.4 Å². The van der Waals surface area contributed by atoms with Crippen LogP contribution in [-0.2, 0) is 4.79 Å². The van der Waals surface area contributed by atoms with E-state index in [1.807, 2.05) is 0 Å². The average molecular weight is 384 g/mol. The van der Waals surface area contributed by atoms with Gasteiger partial charge in [-0.15, -0.1) is 0 Å². The maximum atomic E-state index is 13.8. The first kappa shape index (κ1) is 16.2. The molecular weight excluding hydrogens is 365 g/mol. The van der Waals surface area contributed by atoms with Gasteiger partial charge in [-0.25, -0.2) is 9.18 Å². The molecule has 5 nitrogen and oxygen atoms in total. The average Bonchev–Trinajstić information content (AvgIpc) is 3.34. The largest absolute Gasteiger partial charge is 0.335 e. The van der Waals surface area contributed by atoms with Gasteiger partial charge in [-0.3, -0.25) is 4.79 Å². The Bertz CT molecular complexity index is 621. The SMILES string of the molecule is O=C(Nc1ccc(Br)cc1F)C1CCCN(C(=O)NC2CC2)C1. The van der Waals surface area contributed by atoms with E-state index in [4.69, 9.17) is 0 Å². The summed E-state index contributed by atoms with van der Waals surface area (Å²) in [5.41, 5.74) is 0.165. The first-order valence-corrected chi connectivity index (χ1v) is 8.63. The number of nitrogens with zero attached hydrogens (tertiary/aromatic N) is 1. The van der Waals surface area contributed by atoms with Crippen LogP contribution in [0.2, 0.25) is 0 Å². The summed E-state index contributed by atoms with van der Waals surface area (Å²) in [7, 11) is 0. The number of hydrogen-bond acceptors (Lipinski definition) is 2. The Morgan fingerprint density at radius 1 is 1.26 bits per heavy atom. The fourth-order valence-corrected chi connectivity index (χ4v) is 3.03. The zero-order chi connectivity index (χ0) is 16.4. The van der Waals surface area contributed by atoms with E-state index < -0.39 is 5.82 Å². The monoisotopic (exact) mass is 383 g/mol. The standard InChI is InChI=1S/C16H19BrFN3O2/c17-11-3-6-14(13(18)8-11)20-15(22)10-2-1-7-21(9-10)16(23)19-12-4-5-12/h3,6,8,10,12H,1-2,4-5,7,9H2,(H,19,23)(H,20,22). The second-order valence-corrected chi connectivity index (χ2v) is 7.04. The highest BCUT2D eigenvalue weighted by Gasteiger charge is 2.31. The third kappa shape index (κ3) is 4.22. The Balaban J connectivity index is 1.58. The van der Waals surface area contributed by atoms with Crippen molar-refractivity contribution in [2.24, 2.45) is 5.92 Å². The molecule has 1 saturated carbocycles. The zero-order valence-corrected chi connectivity index (χ0v) is 14.2. The van der Waals surface area contributed by atoms with Crippen LogP contribution >= 0.6 is 15.9 Å². The summed E-state index contributed by atoms with van der Waals surface area (Å²) in [6, 6.07) is 4.71. The van der Waals surface area contributed by atoms with Crippen LogP contribution in [0.15, 0.2) is 22.7 Å². The van der Waals surface area contributed by atoms with Gasteiger partial charge in [0.2, 0.25) is 5.91 Å². The number of likely N-dealkylation sites (tertiary alicyclic amines) is 1. The molecule has 124 valence electrons. The van der Waals surface area contributed by atoms with Crippen LogP contribution < -0.4 is 10.6 Å². The van der Waals surface area contributed by atoms with Gasteiger partial charge in [-0.05, 0) is 43.9 Å². The second kappa shape index (κ2) is 6.86. The van der Waals surface area contributed by atoms with Crippen LogP contribution in [0.4, 0.5) is 14.9 Å². The molecule has 1 atom stereocenters. The lowest BCUT2D eigenvalue weighted by molar-refractivity contribution is -0.121. The first-order chi connectivity index (χ1) is 11.0. The number of nitrogens with one attached hydrogen (secondary N) is 2. The van der Waals surface area contributed by atoms with Crippen molar-refractivity contribution in [2.75, 3.05) is 18.4 Å². The van der Waals surface area contributed by atoms with Gasteiger partial charge in [-0.2, -0.15) is 0 Å². The molecule has 2 N–H and O–H groups in total. The van der Waals surface area contributed by atoms with Crippen LogP contribution in [0.1, 0.15) is 25.7 Å². The summed E-state index contributed by atoms with van der Waals surface area (Å²) in [6.45, 7) is 1.04. The summed E-state index contributed by atoms with van der Waals surface area (Å²) >= 11 is 3.18. The highest BCUT2D eigenvalue weighted by Crippen LogP contribution is 2.24. The number of hydrogen-bond donors (Lipinski definition) is 2. The maximum Gasteiger partial charge on any atom is 0.317 e. The van der Waals surface area contributed by atoms with Gasteiger partial charge in [0.25, 0.3) is 0 Å². The Hall–Kier alpha value is -1.63. The van der Waals surface area contributed by atoms with Crippen LogP contribution in [0.25, 0.3) is 0 Å². The van der Waals surface area contributed by atoms with Gasteiger partial charge >= 0.3 is 6.03 Å². The van der Waals surface area contributed by atoms with Crippen molar-refractivity contribution in [3.05, 3.63) is 28.5 Å².